The maximum Gasteiger partial charge on any atom is 0.307 e. The van der Waals surface area contributed by atoms with Crippen LogP contribution in [0.5, 0.6) is 0 Å². The molecule has 0 fully saturated rings. The molecule has 1 aromatic carbocycles. The van der Waals surface area contributed by atoms with E-state index < -0.39 is 0 Å². The highest BCUT2D eigenvalue weighted by Gasteiger charge is 2.08. The molecule has 0 aliphatic heterocycles. The summed E-state index contributed by atoms with van der Waals surface area (Å²) in [5.41, 5.74) is 0.927. The van der Waals surface area contributed by atoms with Gasteiger partial charge in [0.15, 0.2) is 0 Å². The van der Waals surface area contributed by atoms with Gasteiger partial charge in [-0.15, -0.1) is 11.8 Å². The van der Waals surface area contributed by atoms with E-state index in [2.05, 4.69) is 0 Å². The molecule has 0 spiro atoms. The van der Waals surface area contributed by atoms with E-state index in [1.54, 1.807) is 0 Å². The molecule has 0 saturated carbocycles. The summed E-state index contributed by atoms with van der Waals surface area (Å²) in [5, 5.41) is 0. The maximum atomic E-state index is 11.4. The van der Waals surface area contributed by atoms with Crippen LogP contribution in [0.3, 0.4) is 0 Å². The van der Waals surface area contributed by atoms with Crippen LogP contribution in [0.4, 0.5) is 0 Å². The Balaban J connectivity index is 2.16. The van der Waals surface area contributed by atoms with Gasteiger partial charge in [0, 0.05) is 0 Å². The van der Waals surface area contributed by atoms with Crippen molar-refractivity contribution in [1.82, 2.24) is 0 Å². The standard InChI is InChI=1S/C13H16O4S/c1-18-10-17-13(15)8-7-12(14)16-9-11-5-3-2-4-6-11/h2-6H,7-10H2,1H3. The van der Waals surface area contributed by atoms with Gasteiger partial charge in [-0.2, -0.15) is 0 Å². The van der Waals surface area contributed by atoms with Gasteiger partial charge in [-0.1, -0.05) is 30.3 Å². The molecule has 0 heterocycles. The average molecular weight is 268 g/mol. The molecule has 0 atom stereocenters. The van der Waals surface area contributed by atoms with Crippen LogP contribution < -0.4 is 0 Å². The van der Waals surface area contributed by atoms with E-state index in [0.29, 0.717) is 5.94 Å². The molecule has 0 N–H and O–H groups in total. The van der Waals surface area contributed by atoms with E-state index in [9.17, 15) is 9.59 Å². The van der Waals surface area contributed by atoms with Crippen molar-refractivity contribution < 1.29 is 19.1 Å². The Morgan fingerprint density at radius 3 is 2.28 bits per heavy atom. The molecule has 4 nitrogen and oxygen atoms in total. The molecule has 0 aliphatic rings. The summed E-state index contributed by atoms with van der Waals surface area (Å²) in [6, 6.07) is 9.40. The fraction of sp³-hybridized carbons (Fsp3) is 0.385. The molecule has 0 saturated heterocycles. The summed E-state index contributed by atoms with van der Waals surface area (Å²) in [5.74, 6) is -0.446. The van der Waals surface area contributed by atoms with Crippen LogP contribution >= 0.6 is 11.8 Å². The fourth-order valence-corrected chi connectivity index (χ4v) is 1.46. The van der Waals surface area contributed by atoms with Crippen LogP contribution in [0.1, 0.15) is 18.4 Å². The molecule has 18 heavy (non-hydrogen) atoms. The SMILES string of the molecule is CSCOC(=O)CCC(=O)OCc1ccccc1. The van der Waals surface area contributed by atoms with Crippen molar-refractivity contribution in [2.75, 3.05) is 12.2 Å². The number of rotatable bonds is 7. The van der Waals surface area contributed by atoms with Gasteiger partial charge in [0.05, 0.1) is 12.8 Å². The van der Waals surface area contributed by atoms with Crippen molar-refractivity contribution in [3.8, 4) is 0 Å². The van der Waals surface area contributed by atoms with Crippen molar-refractivity contribution in [2.45, 2.75) is 19.4 Å². The predicted molar refractivity (Wildman–Crippen MR) is 69.9 cm³/mol. The highest BCUT2D eigenvalue weighted by molar-refractivity contribution is 7.98. The monoisotopic (exact) mass is 268 g/mol. The summed E-state index contributed by atoms with van der Waals surface area (Å²) in [4.78, 5) is 22.5. The Morgan fingerprint density at radius 2 is 1.67 bits per heavy atom. The Labute approximate surface area is 111 Å². The number of carbonyl (C=O) groups excluding carboxylic acids is 2. The van der Waals surface area contributed by atoms with Gasteiger partial charge in [0.25, 0.3) is 0 Å². The van der Waals surface area contributed by atoms with Gasteiger partial charge in [-0.3, -0.25) is 9.59 Å². The van der Waals surface area contributed by atoms with Crippen molar-refractivity contribution in [1.29, 1.82) is 0 Å². The summed E-state index contributed by atoms with van der Waals surface area (Å²) in [7, 11) is 0. The molecule has 0 unspecified atom stereocenters. The summed E-state index contributed by atoms with van der Waals surface area (Å²) in [6.07, 6.45) is 1.95. The van der Waals surface area contributed by atoms with Gasteiger partial charge in [0.2, 0.25) is 0 Å². The Bertz CT molecular complexity index is 378. The number of hydrogen-bond donors (Lipinski definition) is 0. The Morgan fingerprint density at radius 1 is 1.06 bits per heavy atom. The lowest BCUT2D eigenvalue weighted by Gasteiger charge is -2.05. The fourth-order valence-electron chi connectivity index (χ4n) is 1.21. The van der Waals surface area contributed by atoms with Crippen molar-refractivity contribution in [3.63, 3.8) is 0 Å². The summed E-state index contributed by atoms with van der Waals surface area (Å²) < 4.78 is 9.85. The molecular formula is C13H16O4S. The smallest absolute Gasteiger partial charge is 0.307 e. The largest absolute Gasteiger partial charge is 0.461 e. The number of benzene rings is 1. The average Bonchev–Trinajstić information content (AvgIpc) is 2.41. The minimum atomic E-state index is -0.389. The third kappa shape index (κ3) is 6.30. The summed E-state index contributed by atoms with van der Waals surface area (Å²) >= 11 is 1.41. The van der Waals surface area contributed by atoms with Gasteiger partial charge in [0.1, 0.15) is 12.5 Å². The molecule has 0 amide bonds. The van der Waals surface area contributed by atoms with E-state index in [1.165, 1.54) is 11.8 Å². The van der Waals surface area contributed by atoms with Gasteiger partial charge in [-0.25, -0.2) is 0 Å². The summed E-state index contributed by atoms with van der Waals surface area (Å²) in [6.45, 7) is 0.236. The number of esters is 2. The first-order valence-corrected chi connectivity index (χ1v) is 6.96. The van der Waals surface area contributed by atoms with Crippen LogP contribution in [0.2, 0.25) is 0 Å². The molecule has 1 rings (SSSR count). The first kappa shape index (κ1) is 14.6. The molecule has 0 radical (unpaired) electrons. The molecule has 0 aromatic heterocycles. The Kier molecular flexibility index (Phi) is 6.94. The van der Waals surface area contributed by atoms with Crippen LogP contribution in [0, 0.1) is 0 Å². The number of thioether (sulfide) groups is 1. The van der Waals surface area contributed by atoms with E-state index in [-0.39, 0.29) is 31.4 Å². The quantitative estimate of drug-likeness (QED) is 0.561. The minimum absolute atomic E-state index is 0.0556. The van der Waals surface area contributed by atoms with Crippen molar-refractivity contribution in [3.05, 3.63) is 35.9 Å². The Hall–Kier alpha value is -1.49. The van der Waals surface area contributed by atoms with E-state index in [0.717, 1.165) is 5.56 Å². The number of ether oxygens (including phenoxy) is 2. The molecule has 98 valence electrons. The lowest BCUT2D eigenvalue weighted by Crippen LogP contribution is -2.10. The highest BCUT2D eigenvalue weighted by atomic mass is 32.2. The second-order valence-corrected chi connectivity index (χ2v) is 4.38. The number of hydrogen-bond acceptors (Lipinski definition) is 5. The zero-order valence-electron chi connectivity index (χ0n) is 10.3. The highest BCUT2D eigenvalue weighted by Crippen LogP contribution is 2.04. The van der Waals surface area contributed by atoms with Gasteiger partial charge in [-0.05, 0) is 11.8 Å². The topological polar surface area (TPSA) is 52.6 Å². The first-order valence-electron chi connectivity index (χ1n) is 5.56. The predicted octanol–water partition coefficient (Wildman–Crippen LogP) is 2.37. The zero-order chi connectivity index (χ0) is 13.2. The van der Waals surface area contributed by atoms with Gasteiger partial charge >= 0.3 is 11.9 Å². The lowest BCUT2D eigenvalue weighted by atomic mass is 10.2. The normalized spacial score (nSPS) is 9.83. The van der Waals surface area contributed by atoms with Crippen molar-refractivity contribution >= 4 is 23.7 Å². The number of carbonyl (C=O) groups is 2. The third-order valence-electron chi connectivity index (χ3n) is 2.11. The minimum Gasteiger partial charge on any atom is -0.461 e. The third-order valence-corrected chi connectivity index (χ3v) is 2.47. The van der Waals surface area contributed by atoms with Crippen LogP contribution in [0.15, 0.2) is 30.3 Å². The van der Waals surface area contributed by atoms with E-state index in [4.69, 9.17) is 9.47 Å². The van der Waals surface area contributed by atoms with Gasteiger partial charge < -0.3 is 9.47 Å². The van der Waals surface area contributed by atoms with Crippen LogP contribution in [-0.4, -0.2) is 24.1 Å². The zero-order valence-corrected chi connectivity index (χ0v) is 11.1. The second-order valence-electron chi connectivity index (χ2n) is 3.57. The lowest BCUT2D eigenvalue weighted by molar-refractivity contribution is -0.150. The van der Waals surface area contributed by atoms with E-state index >= 15 is 0 Å². The van der Waals surface area contributed by atoms with Crippen molar-refractivity contribution in [2.24, 2.45) is 0 Å². The molecule has 5 heteroatoms. The maximum absolute atomic E-state index is 11.4. The second kappa shape index (κ2) is 8.58. The molecule has 0 aliphatic carbocycles. The van der Waals surface area contributed by atoms with Crippen LogP contribution in [-0.2, 0) is 25.7 Å². The molecule has 1 aromatic rings. The van der Waals surface area contributed by atoms with Crippen LogP contribution in [0.25, 0.3) is 0 Å². The molecular weight excluding hydrogens is 252 g/mol. The van der Waals surface area contributed by atoms with E-state index in [1.807, 2.05) is 36.6 Å². The first-order chi connectivity index (χ1) is 8.72. The molecule has 0 bridgehead atoms.